The van der Waals surface area contributed by atoms with E-state index in [0.717, 1.165) is 11.4 Å². The van der Waals surface area contributed by atoms with Gasteiger partial charge in [-0.1, -0.05) is 145 Å². The van der Waals surface area contributed by atoms with Crippen LogP contribution in [-0.4, -0.2) is 0 Å². The summed E-state index contributed by atoms with van der Waals surface area (Å²) in [6, 6.07) is 66.1. The van der Waals surface area contributed by atoms with Gasteiger partial charge in [-0.15, -0.1) is 11.3 Å². The lowest BCUT2D eigenvalue weighted by Crippen LogP contribution is -2.10. The van der Waals surface area contributed by atoms with E-state index in [9.17, 15) is 0 Å². The van der Waals surface area contributed by atoms with Crippen LogP contribution in [0.15, 0.2) is 187 Å². The molecule has 1 atom stereocenters. The molecule has 1 aromatic heterocycles. The summed E-state index contributed by atoms with van der Waals surface area (Å²) in [5, 5.41) is 9.13. The quantitative estimate of drug-likeness (QED) is 0.187. The second-order valence-electron chi connectivity index (χ2n) is 13.0. The van der Waals surface area contributed by atoms with Crippen LogP contribution in [0.2, 0.25) is 0 Å². The van der Waals surface area contributed by atoms with Crippen molar-refractivity contribution in [2.75, 3.05) is 10.2 Å². The van der Waals surface area contributed by atoms with E-state index in [0.29, 0.717) is 0 Å². The summed E-state index contributed by atoms with van der Waals surface area (Å²) in [6.07, 6.45) is 0. The van der Waals surface area contributed by atoms with E-state index < -0.39 is 0 Å². The van der Waals surface area contributed by atoms with Crippen molar-refractivity contribution in [1.29, 1.82) is 0 Å². The molecular weight excluding hydrogens is 657 g/mol. The van der Waals surface area contributed by atoms with Gasteiger partial charge in [0, 0.05) is 31.7 Å². The van der Waals surface area contributed by atoms with Gasteiger partial charge in [-0.2, -0.15) is 0 Å². The number of hydrogen-bond acceptors (Lipinski definition) is 4. The lowest BCUT2D eigenvalue weighted by Gasteiger charge is -2.26. The molecule has 1 aliphatic rings. The number of nitrogens with zero attached hydrogens (tertiary/aromatic N) is 1. The van der Waals surface area contributed by atoms with Crippen LogP contribution in [0.3, 0.4) is 0 Å². The standard InChI is InChI=1S/C47H32N2S2/c1-3-10-31(11-4-1)33-20-24-38(25-21-33)49(39-26-22-34(23-27-39)37-19-18-32-12-7-8-15-36(32)28-37)43-17-9-16-40-41-29-45-42(30-44(41)50-46(40)43)48-47(51-45)35-13-5-2-6-14-35/h1-30,47-48H. The summed E-state index contributed by atoms with van der Waals surface area (Å²) in [7, 11) is 0. The van der Waals surface area contributed by atoms with E-state index in [1.54, 1.807) is 0 Å². The van der Waals surface area contributed by atoms with Gasteiger partial charge in [-0.25, -0.2) is 0 Å². The summed E-state index contributed by atoms with van der Waals surface area (Å²) in [5.74, 6) is 0. The molecule has 9 aromatic rings. The Hall–Kier alpha value is -5.81. The van der Waals surface area contributed by atoms with Gasteiger partial charge in [0.1, 0.15) is 5.37 Å². The van der Waals surface area contributed by atoms with E-state index in [-0.39, 0.29) is 5.37 Å². The summed E-state index contributed by atoms with van der Waals surface area (Å²) in [4.78, 5) is 3.72. The average Bonchev–Trinajstić information content (AvgIpc) is 3.79. The molecule has 0 radical (unpaired) electrons. The van der Waals surface area contributed by atoms with Gasteiger partial charge >= 0.3 is 0 Å². The molecule has 1 unspecified atom stereocenters. The van der Waals surface area contributed by atoms with Gasteiger partial charge in [0.05, 0.1) is 16.1 Å². The zero-order valence-electron chi connectivity index (χ0n) is 27.7. The molecule has 8 aromatic carbocycles. The fourth-order valence-corrected chi connectivity index (χ4v) is 9.70. The Labute approximate surface area is 305 Å². The smallest absolute Gasteiger partial charge is 0.103 e. The first-order valence-electron chi connectivity index (χ1n) is 17.3. The highest BCUT2D eigenvalue weighted by molar-refractivity contribution is 8.00. The van der Waals surface area contributed by atoms with Crippen molar-refractivity contribution in [3.8, 4) is 22.3 Å². The van der Waals surface area contributed by atoms with Crippen LogP contribution in [-0.2, 0) is 0 Å². The van der Waals surface area contributed by atoms with E-state index in [2.05, 4.69) is 192 Å². The van der Waals surface area contributed by atoms with Gasteiger partial charge in [-0.3, -0.25) is 0 Å². The first-order valence-corrected chi connectivity index (χ1v) is 19.0. The second kappa shape index (κ2) is 12.5. The Balaban J connectivity index is 1.07. The van der Waals surface area contributed by atoms with Crippen molar-refractivity contribution in [1.82, 2.24) is 0 Å². The predicted molar refractivity (Wildman–Crippen MR) is 221 cm³/mol. The SMILES string of the molecule is c1ccc(-c2ccc(N(c3ccc(-c4ccc5ccccc5c4)cc3)c3cccc4c3sc3cc5c(cc34)SC(c3ccccc3)N5)cc2)cc1. The molecule has 1 aliphatic heterocycles. The maximum absolute atomic E-state index is 3.78. The average molecular weight is 689 g/mol. The summed E-state index contributed by atoms with van der Waals surface area (Å²) in [5.41, 5.74) is 10.8. The highest BCUT2D eigenvalue weighted by Gasteiger charge is 2.25. The van der Waals surface area contributed by atoms with Crippen molar-refractivity contribution >= 4 is 76.8 Å². The Morgan fingerprint density at radius 3 is 1.84 bits per heavy atom. The van der Waals surface area contributed by atoms with E-state index in [4.69, 9.17) is 0 Å². The monoisotopic (exact) mass is 688 g/mol. The van der Waals surface area contributed by atoms with Gasteiger partial charge in [0.25, 0.3) is 0 Å². The minimum Gasteiger partial charge on any atom is -0.368 e. The zero-order valence-corrected chi connectivity index (χ0v) is 29.3. The van der Waals surface area contributed by atoms with Crippen LogP contribution >= 0.6 is 23.1 Å². The van der Waals surface area contributed by atoms with E-state index >= 15 is 0 Å². The molecule has 0 fully saturated rings. The number of hydrogen-bond donors (Lipinski definition) is 1. The molecule has 0 bridgehead atoms. The van der Waals surface area contributed by atoms with Crippen LogP contribution < -0.4 is 10.2 Å². The molecule has 0 saturated carbocycles. The molecule has 0 aliphatic carbocycles. The van der Waals surface area contributed by atoms with Crippen LogP contribution in [0, 0.1) is 0 Å². The van der Waals surface area contributed by atoms with Crippen molar-refractivity contribution < 1.29 is 0 Å². The molecule has 51 heavy (non-hydrogen) atoms. The van der Waals surface area contributed by atoms with Crippen LogP contribution in [0.1, 0.15) is 10.9 Å². The molecular formula is C47H32N2S2. The van der Waals surface area contributed by atoms with Crippen LogP contribution in [0.5, 0.6) is 0 Å². The van der Waals surface area contributed by atoms with E-state index in [1.165, 1.54) is 75.0 Å². The number of nitrogens with one attached hydrogen (secondary N) is 1. The fourth-order valence-electron chi connectivity index (χ4n) is 7.30. The van der Waals surface area contributed by atoms with Crippen molar-refractivity contribution in [3.05, 3.63) is 188 Å². The van der Waals surface area contributed by atoms with Gasteiger partial charge < -0.3 is 10.2 Å². The minimum absolute atomic E-state index is 0.228. The Morgan fingerprint density at radius 1 is 0.471 bits per heavy atom. The molecule has 1 N–H and O–H groups in total. The molecule has 0 spiro atoms. The first kappa shape index (κ1) is 30.1. The minimum atomic E-state index is 0.228. The number of rotatable bonds is 6. The Morgan fingerprint density at radius 2 is 1.10 bits per heavy atom. The number of thioether (sulfide) groups is 1. The maximum atomic E-state index is 3.78. The summed E-state index contributed by atoms with van der Waals surface area (Å²) in [6.45, 7) is 0. The van der Waals surface area contributed by atoms with Gasteiger partial charge in [0.2, 0.25) is 0 Å². The normalized spacial score (nSPS) is 13.8. The first-order chi connectivity index (χ1) is 25.2. The molecule has 0 saturated heterocycles. The third-order valence-electron chi connectivity index (χ3n) is 9.89. The molecule has 2 heterocycles. The topological polar surface area (TPSA) is 15.3 Å². The van der Waals surface area contributed by atoms with E-state index in [1.807, 2.05) is 23.1 Å². The third-order valence-corrected chi connectivity index (χ3v) is 12.3. The lowest BCUT2D eigenvalue weighted by molar-refractivity contribution is 1.14. The summed E-state index contributed by atoms with van der Waals surface area (Å²) >= 11 is 3.78. The maximum Gasteiger partial charge on any atom is 0.103 e. The Bertz CT molecular complexity index is 2680. The van der Waals surface area contributed by atoms with Crippen LogP contribution in [0.4, 0.5) is 22.7 Å². The number of thiophene rings is 1. The lowest BCUT2D eigenvalue weighted by atomic mass is 10.0. The van der Waals surface area contributed by atoms with Crippen molar-refractivity contribution in [2.45, 2.75) is 10.3 Å². The zero-order chi connectivity index (χ0) is 33.7. The largest absolute Gasteiger partial charge is 0.368 e. The number of benzene rings is 8. The van der Waals surface area contributed by atoms with Gasteiger partial charge in [-0.05, 0) is 87.1 Å². The van der Waals surface area contributed by atoms with Crippen molar-refractivity contribution in [3.63, 3.8) is 0 Å². The highest BCUT2D eigenvalue weighted by atomic mass is 32.2. The Kier molecular flexibility index (Phi) is 7.37. The molecule has 10 rings (SSSR count). The third kappa shape index (κ3) is 5.45. The summed E-state index contributed by atoms with van der Waals surface area (Å²) < 4.78 is 2.58. The number of fused-ring (bicyclic) bond motifs is 5. The molecule has 242 valence electrons. The number of anilines is 4. The van der Waals surface area contributed by atoms with Gasteiger partial charge in [0.15, 0.2) is 0 Å². The molecule has 4 heteroatoms. The molecule has 0 amide bonds. The predicted octanol–water partition coefficient (Wildman–Crippen LogP) is 14.2. The highest BCUT2D eigenvalue weighted by Crippen LogP contribution is 2.51. The second-order valence-corrected chi connectivity index (χ2v) is 15.2. The molecule has 2 nitrogen and oxygen atoms in total. The van der Waals surface area contributed by atoms with Crippen LogP contribution in [0.25, 0.3) is 53.2 Å². The van der Waals surface area contributed by atoms with Crippen molar-refractivity contribution in [2.24, 2.45) is 0 Å². The fraction of sp³-hybridized carbons (Fsp3) is 0.0213.